The Morgan fingerprint density at radius 2 is 2.00 bits per heavy atom. The minimum atomic E-state index is -0.804. The molecule has 0 radical (unpaired) electrons. The van der Waals surface area contributed by atoms with Crippen molar-refractivity contribution in [3.8, 4) is 0 Å². The van der Waals surface area contributed by atoms with E-state index < -0.39 is 5.60 Å². The molecule has 5 nitrogen and oxygen atoms in total. The van der Waals surface area contributed by atoms with Crippen LogP contribution in [-0.4, -0.2) is 56.9 Å². The minimum absolute atomic E-state index is 0.0865. The summed E-state index contributed by atoms with van der Waals surface area (Å²) in [6, 6.07) is -0.170. The molecular weight excluding hydrogens is 196 g/mol. The number of nitrogens with zero attached hydrogens (tertiary/aromatic N) is 1. The average Bonchev–Trinajstić information content (AvgIpc) is 2.16. The van der Waals surface area contributed by atoms with Gasteiger partial charge in [-0.3, -0.25) is 4.79 Å². The standard InChI is InChI=1S/C10H22N2O3/c1-10(2,15-5)9(13)12(3)6-8(11)7-14-4/h8H,6-7,11H2,1-5H3. The van der Waals surface area contributed by atoms with Crippen LogP contribution in [0.4, 0.5) is 0 Å². The lowest BCUT2D eigenvalue weighted by Gasteiger charge is -2.29. The van der Waals surface area contributed by atoms with Crippen molar-refractivity contribution in [1.29, 1.82) is 0 Å². The first-order valence-corrected chi connectivity index (χ1v) is 4.90. The fraction of sp³-hybridized carbons (Fsp3) is 0.900. The van der Waals surface area contributed by atoms with Crippen molar-refractivity contribution in [3.05, 3.63) is 0 Å². The zero-order valence-corrected chi connectivity index (χ0v) is 10.2. The van der Waals surface area contributed by atoms with Crippen LogP contribution in [0.25, 0.3) is 0 Å². The van der Waals surface area contributed by atoms with Crippen molar-refractivity contribution in [3.63, 3.8) is 0 Å². The van der Waals surface area contributed by atoms with E-state index in [-0.39, 0.29) is 11.9 Å². The summed E-state index contributed by atoms with van der Waals surface area (Å²) in [6.07, 6.45) is 0. The lowest BCUT2D eigenvalue weighted by atomic mass is 10.1. The van der Waals surface area contributed by atoms with Crippen LogP contribution in [-0.2, 0) is 14.3 Å². The number of amides is 1. The third-order valence-corrected chi connectivity index (χ3v) is 2.26. The van der Waals surface area contributed by atoms with E-state index in [2.05, 4.69) is 0 Å². The largest absolute Gasteiger partial charge is 0.383 e. The van der Waals surface area contributed by atoms with E-state index in [0.29, 0.717) is 13.2 Å². The summed E-state index contributed by atoms with van der Waals surface area (Å²) in [4.78, 5) is 13.4. The third-order valence-electron chi connectivity index (χ3n) is 2.26. The van der Waals surface area contributed by atoms with Crippen molar-refractivity contribution in [2.75, 3.05) is 34.4 Å². The molecule has 1 atom stereocenters. The lowest BCUT2D eigenvalue weighted by Crippen LogP contribution is -2.49. The third kappa shape index (κ3) is 4.59. The van der Waals surface area contributed by atoms with Crippen LogP contribution >= 0.6 is 0 Å². The van der Waals surface area contributed by atoms with Gasteiger partial charge in [-0.05, 0) is 13.8 Å². The van der Waals surface area contributed by atoms with Gasteiger partial charge in [0.2, 0.25) is 0 Å². The maximum Gasteiger partial charge on any atom is 0.254 e. The molecule has 0 bridgehead atoms. The highest BCUT2D eigenvalue weighted by atomic mass is 16.5. The van der Waals surface area contributed by atoms with Gasteiger partial charge < -0.3 is 20.1 Å². The van der Waals surface area contributed by atoms with Gasteiger partial charge in [0, 0.05) is 33.9 Å². The zero-order valence-electron chi connectivity index (χ0n) is 10.2. The molecule has 2 N–H and O–H groups in total. The number of likely N-dealkylation sites (N-methyl/N-ethyl adjacent to an activating group) is 1. The van der Waals surface area contributed by atoms with Crippen molar-refractivity contribution in [2.45, 2.75) is 25.5 Å². The molecule has 0 aromatic rings. The van der Waals surface area contributed by atoms with Crippen molar-refractivity contribution in [2.24, 2.45) is 5.73 Å². The summed E-state index contributed by atoms with van der Waals surface area (Å²) in [5, 5.41) is 0. The van der Waals surface area contributed by atoms with Gasteiger partial charge in [-0.25, -0.2) is 0 Å². The molecule has 90 valence electrons. The summed E-state index contributed by atoms with van der Waals surface area (Å²) in [5.74, 6) is -0.0865. The Morgan fingerprint density at radius 3 is 2.40 bits per heavy atom. The van der Waals surface area contributed by atoms with Gasteiger partial charge >= 0.3 is 0 Å². The Bertz CT molecular complexity index is 207. The molecule has 0 aromatic carbocycles. The number of hydrogen-bond donors (Lipinski definition) is 1. The smallest absolute Gasteiger partial charge is 0.254 e. The van der Waals surface area contributed by atoms with Gasteiger partial charge in [0.25, 0.3) is 5.91 Å². The molecule has 15 heavy (non-hydrogen) atoms. The molecule has 0 aliphatic carbocycles. The second-order valence-corrected chi connectivity index (χ2v) is 4.12. The van der Waals surface area contributed by atoms with E-state index in [0.717, 1.165) is 0 Å². The van der Waals surface area contributed by atoms with Gasteiger partial charge in [-0.1, -0.05) is 0 Å². The fourth-order valence-corrected chi connectivity index (χ4v) is 1.25. The zero-order chi connectivity index (χ0) is 12.1. The topological polar surface area (TPSA) is 64.8 Å². The Hall–Kier alpha value is -0.650. The number of methoxy groups -OCH3 is 2. The molecule has 0 fully saturated rings. The Labute approximate surface area is 91.5 Å². The summed E-state index contributed by atoms with van der Waals surface area (Å²) >= 11 is 0. The normalized spacial score (nSPS) is 13.7. The number of ether oxygens (including phenoxy) is 2. The van der Waals surface area contributed by atoms with Gasteiger partial charge in [-0.2, -0.15) is 0 Å². The van der Waals surface area contributed by atoms with Crippen LogP contribution in [0.2, 0.25) is 0 Å². The number of hydrogen-bond acceptors (Lipinski definition) is 4. The van der Waals surface area contributed by atoms with E-state index in [9.17, 15) is 4.79 Å². The van der Waals surface area contributed by atoms with Gasteiger partial charge in [0.15, 0.2) is 0 Å². The Kier molecular flexibility index (Phi) is 5.79. The molecule has 5 heteroatoms. The first-order valence-electron chi connectivity index (χ1n) is 4.90. The molecule has 0 saturated carbocycles. The number of carbonyl (C=O) groups excluding carboxylic acids is 1. The number of carbonyl (C=O) groups is 1. The molecule has 0 saturated heterocycles. The maximum absolute atomic E-state index is 11.8. The van der Waals surface area contributed by atoms with E-state index in [1.807, 2.05) is 0 Å². The highest BCUT2D eigenvalue weighted by Gasteiger charge is 2.30. The molecule has 0 aliphatic rings. The van der Waals surface area contributed by atoms with Crippen LogP contribution in [0.1, 0.15) is 13.8 Å². The van der Waals surface area contributed by atoms with Crippen LogP contribution < -0.4 is 5.73 Å². The molecule has 1 amide bonds. The van der Waals surface area contributed by atoms with Crippen LogP contribution in [0.5, 0.6) is 0 Å². The molecule has 0 spiro atoms. The molecular formula is C10H22N2O3. The highest BCUT2D eigenvalue weighted by molar-refractivity contribution is 5.84. The van der Waals surface area contributed by atoms with E-state index in [4.69, 9.17) is 15.2 Å². The van der Waals surface area contributed by atoms with Crippen LogP contribution in [0, 0.1) is 0 Å². The summed E-state index contributed by atoms with van der Waals surface area (Å²) in [6.45, 7) is 4.35. The fourth-order valence-electron chi connectivity index (χ4n) is 1.25. The summed E-state index contributed by atoms with van der Waals surface area (Å²) in [5.41, 5.74) is 4.94. The number of rotatable bonds is 6. The van der Waals surface area contributed by atoms with Crippen LogP contribution in [0.3, 0.4) is 0 Å². The maximum atomic E-state index is 11.8. The van der Waals surface area contributed by atoms with Gasteiger partial charge in [0.05, 0.1) is 6.61 Å². The predicted molar refractivity (Wildman–Crippen MR) is 58.6 cm³/mol. The molecule has 0 heterocycles. The first kappa shape index (κ1) is 14.3. The van der Waals surface area contributed by atoms with Crippen molar-refractivity contribution < 1.29 is 14.3 Å². The minimum Gasteiger partial charge on any atom is -0.383 e. The molecule has 0 rings (SSSR count). The highest BCUT2D eigenvalue weighted by Crippen LogP contribution is 2.11. The number of nitrogens with two attached hydrogens (primary N) is 1. The SMILES string of the molecule is COCC(N)CN(C)C(=O)C(C)(C)OC. The van der Waals surface area contributed by atoms with E-state index >= 15 is 0 Å². The van der Waals surface area contributed by atoms with E-state index in [1.54, 1.807) is 32.9 Å². The Morgan fingerprint density at radius 1 is 1.47 bits per heavy atom. The Balaban J connectivity index is 4.21. The monoisotopic (exact) mass is 218 g/mol. The predicted octanol–water partition coefficient (Wildman–Crippen LogP) is -0.156. The van der Waals surface area contributed by atoms with Gasteiger partial charge in [-0.15, -0.1) is 0 Å². The average molecular weight is 218 g/mol. The second-order valence-electron chi connectivity index (χ2n) is 4.12. The second kappa shape index (κ2) is 6.05. The molecule has 1 unspecified atom stereocenters. The quantitative estimate of drug-likeness (QED) is 0.673. The molecule has 0 aliphatic heterocycles. The van der Waals surface area contributed by atoms with Gasteiger partial charge in [0.1, 0.15) is 5.60 Å². The van der Waals surface area contributed by atoms with Crippen molar-refractivity contribution in [1.82, 2.24) is 4.90 Å². The lowest BCUT2D eigenvalue weighted by molar-refractivity contribution is -0.149. The first-order chi connectivity index (χ1) is 6.85. The van der Waals surface area contributed by atoms with E-state index in [1.165, 1.54) is 7.11 Å². The van der Waals surface area contributed by atoms with Crippen molar-refractivity contribution >= 4 is 5.91 Å². The van der Waals surface area contributed by atoms with Crippen LogP contribution in [0.15, 0.2) is 0 Å². The summed E-state index contributed by atoms with van der Waals surface area (Å²) in [7, 11) is 4.81. The molecule has 0 aromatic heterocycles. The summed E-state index contributed by atoms with van der Waals surface area (Å²) < 4.78 is 10.0.